The molecule has 33 heavy (non-hydrogen) atoms. The maximum absolute atomic E-state index is 13.3. The van der Waals surface area contributed by atoms with Gasteiger partial charge in [-0.25, -0.2) is 9.37 Å². The average Bonchev–Trinajstić information content (AvgIpc) is 3.25. The molecular formula is C25H30FN5O2. The van der Waals surface area contributed by atoms with Crippen molar-refractivity contribution in [2.24, 2.45) is 5.92 Å². The Morgan fingerprint density at radius 1 is 1.24 bits per heavy atom. The topological polar surface area (TPSA) is 93.2 Å². The number of aromatic nitrogens is 2. The number of halogens is 1. The van der Waals surface area contributed by atoms with Crippen LogP contribution in [-0.4, -0.2) is 62.5 Å². The number of carbonyl (C=O) groups excluding carboxylic acids is 2. The molecule has 174 valence electrons. The number of aromatic amines is 1. The van der Waals surface area contributed by atoms with Gasteiger partial charge in [0.25, 0.3) is 5.91 Å². The average molecular weight is 452 g/mol. The summed E-state index contributed by atoms with van der Waals surface area (Å²) in [7, 11) is 0. The Balaban J connectivity index is 1.82. The number of hydrogen-bond donors (Lipinski definition) is 2. The Morgan fingerprint density at radius 2 is 1.91 bits per heavy atom. The van der Waals surface area contributed by atoms with Crippen LogP contribution < -0.4 is 0 Å². The van der Waals surface area contributed by atoms with Crippen molar-refractivity contribution in [1.29, 1.82) is 5.41 Å². The van der Waals surface area contributed by atoms with Crippen LogP contribution in [0.25, 0.3) is 5.57 Å². The maximum Gasteiger partial charge on any atom is 0.272 e. The van der Waals surface area contributed by atoms with Gasteiger partial charge in [-0.3, -0.25) is 9.59 Å². The van der Waals surface area contributed by atoms with Crippen LogP contribution in [0.15, 0.2) is 49.2 Å². The van der Waals surface area contributed by atoms with Gasteiger partial charge in [-0.15, -0.1) is 0 Å². The zero-order valence-corrected chi connectivity index (χ0v) is 19.5. The number of benzene rings is 1. The molecule has 8 heteroatoms. The van der Waals surface area contributed by atoms with Gasteiger partial charge >= 0.3 is 0 Å². The molecular weight excluding hydrogens is 421 g/mol. The minimum absolute atomic E-state index is 0.0322. The molecule has 1 aliphatic heterocycles. The SMILES string of the molecule is C=CC(=O)N1CCN(C(=O)c2cnc(/C(=C\C(=N)c3ccc(F)cc3)C(C)C)[nH]2)C(C)(C)C1. The highest BCUT2D eigenvalue weighted by Crippen LogP contribution is 2.25. The first kappa shape index (κ1) is 24.1. The first-order valence-corrected chi connectivity index (χ1v) is 10.9. The van der Waals surface area contributed by atoms with E-state index in [1.807, 2.05) is 27.7 Å². The standard InChI is InChI=1S/C25H30FN5O2/c1-6-22(32)30-11-12-31(25(4,5)15-30)24(33)21-14-28-23(29-21)19(16(2)3)13-20(27)17-7-9-18(26)10-8-17/h6-10,13-14,16,27H,1,11-12,15H2,2-5H3,(H,28,29)/b19-13-,27-20?. The summed E-state index contributed by atoms with van der Waals surface area (Å²) in [5.74, 6) is -0.148. The first-order chi connectivity index (χ1) is 15.5. The normalized spacial score (nSPS) is 16.1. The van der Waals surface area contributed by atoms with E-state index in [0.29, 0.717) is 36.7 Å². The third-order valence-electron chi connectivity index (χ3n) is 5.79. The number of H-pyrrole nitrogens is 1. The molecule has 1 aromatic carbocycles. The van der Waals surface area contributed by atoms with Crippen LogP contribution in [0, 0.1) is 17.1 Å². The summed E-state index contributed by atoms with van der Waals surface area (Å²) in [5.41, 5.74) is 1.38. The zero-order valence-electron chi connectivity index (χ0n) is 19.5. The minimum atomic E-state index is -0.555. The molecule has 7 nitrogen and oxygen atoms in total. The Bertz CT molecular complexity index is 1100. The van der Waals surface area contributed by atoms with E-state index in [1.165, 1.54) is 24.4 Å². The van der Waals surface area contributed by atoms with E-state index in [0.717, 1.165) is 5.57 Å². The van der Waals surface area contributed by atoms with Crippen molar-refractivity contribution < 1.29 is 14.0 Å². The Morgan fingerprint density at radius 3 is 2.48 bits per heavy atom. The molecule has 1 fully saturated rings. The predicted molar refractivity (Wildman–Crippen MR) is 127 cm³/mol. The molecule has 0 unspecified atom stereocenters. The molecule has 3 rings (SSSR count). The summed E-state index contributed by atoms with van der Waals surface area (Å²) in [6, 6.07) is 5.76. The number of allylic oxidation sites excluding steroid dienone is 2. The lowest BCUT2D eigenvalue weighted by Gasteiger charge is -2.46. The highest BCUT2D eigenvalue weighted by atomic mass is 19.1. The van der Waals surface area contributed by atoms with Gasteiger partial charge in [0, 0.05) is 19.6 Å². The highest BCUT2D eigenvalue weighted by Gasteiger charge is 2.38. The van der Waals surface area contributed by atoms with Crippen molar-refractivity contribution in [2.75, 3.05) is 19.6 Å². The zero-order chi connectivity index (χ0) is 24.3. The third kappa shape index (κ3) is 5.27. The van der Waals surface area contributed by atoms with Crippen LogP contribution in [0.1, 0.15) is 49.6 Å². The number of nitrogens with one attached hydrogen (secondary N) is 2. The number of rotatable bonds is 6. The quantitative estimate of drug-likeness (QED) is 0.515. The van der Waals surface area contributed by atoms with Gasteiger partial charge in [0.2, 0.25) is 5.91 Å². The fraction of sp³-hybridized carbons (Fsp3) is 0.360. The van der Waals surface area contributed by atoms with Crippen LogP contribution in [0.5, 0.6) is 0 Å². The van der Waals surface area contributed by atoms with Gasteiger partial charge in [0.15, 0.2) is 0 Å². The predicted octanol–water partition coefficient (Wildman–Crippen LogP) is 3.91. The van der Waals surface area contributed by atoms with Crippen molar-refractivity contribution in [1.82, 2.24) is 19.8 Å². The van der Waals surface area contributed by atoms with Gasteiger partial charge in [0.05, 0.1) is 17.4 Å². The third-order valence-corrected chi connectivity index (χ3v) is 5.79. The van der Waals surface area contributed by atoms with E-state index >= 15 is 0 Å². The summed E-state index contributed by atoms with van der Waals surface area (Å²) < 4.78 is 13.2. The van der Waals surface area contributed by atoms with E-state index in [4.69, 9.17) is 5.41 Å². The fourth-order valence-corrected chi connectivity index (χ4v) is 3.95. The lowest BCUT2D eigenvalue weighted by molar-refractivity contribution is -0.130. The van der Waals surface area contributed by atoms with Gasteiger partial charge in [0.1, 0.15) is 17.3 Å². The van der Waals surface area contributed by atoms with Crippen molar-refractivity contribution >= 4 is 23.1 Å². The largest absolute Gasteiger partial charge is 0.335 e. The van der Waals surface area contributed by atoms with E-state index in [1.54, 1.807) is 28.0 Å². The van der Waals surface area contributed by atoms with Crippen molar-refractivity contribution in [3.63, 3.8) is 0 Å². The van der Waals surface area contributed by atoms with Crippen molar-refractivity contribution in [3.8, 4) is 0 Å². The molecule has 2 N–H and O–H groups in total. The second-order valence-electron chi connectivity index (χ2n) is 9.05. The molecule has 2 aromatic rings. The summed E-state index contributed by atoms with van der Waals surface area (Å²) in [6.07, 6.45) is 4.49. The molecule has 0 radical (unpaired) electrons. The van der Waals surface area contributed by atoms with Gasteiger partial charge in [-0.2, -0.15) is 0 Å². The van der Waals surface area contributed by atoms with Crippen molar-refractivity contribution in [2.45, 2.75) is 33.2 Å². The number of amides is 2. The Labute approximate surface area is 193 Å². The fourth-order valence-electron chi connectivity index (χ4n) is 3.95. The highest BCUT2D eigenvalue weighted by molar-refractivity contribution is 6.10. The minimum Gasteiger partial charge on any atom is -0.335 e. The Kier molecular flexibility index (Phi) is 6.95. The molecule has 2 heterocycles. The van der Waals surface area contributed by atoms with E-state index in [9.17, 15) is 14.0 Å². The molecule has 2 amide bonds. The molecule has 0 atom stereocenters. The van der Waals surface area contributed by atoms with Crippen LogP contribution in [-0.2, 0) is 4.79 Å². The van der Waals surface area contributed by atoms with Gasteiger partial charge in [-0.1, -0.05) is 20.4 Å². The second kappa shape index (κ2) is 9.52. The molecule has 0 aliphatic carbocycles. The molecule has 1 aromatic heterocycles. The summed E-state index contributed by atoms with van der Waals surface area (Å²) in [6.45, 7) is 12.6. The van der Waals surface area contributed by atoms with Crippen LogP contribution in [0.2, 0.25) is 0 Å². The lowest BCUT2D eigenvalue weighted by Crippen LogP contribution is -2.61. The van der Waals surface area contributed by atoms with Crippen LogP contribution in [0.3, 0.4) is 0 Å². The number of piperazine rings is 1. The van der Waals surface area contributed by atoms with E-state index in [2.05, 4.69) is 16.5 Å². The number of imidazole rings is 1. The summed E-state index contributed by atoms with van der Waals surface area (Å²) in [5, 5.41) is 8.39. The van der Waals surface area contributed by atoms with Gasteiger partial charge < -0.3 is 20.2 Å². The number of hydrogen-bond acceptors (Lipinski definition) is 4. The number of carbonyl (C=O) groups is 2. The second-order valence-corrected chi connectivity index (χ2v) is 9.05. The molecule has 0 spiro atoms. The summed E-state index contributed by atoms with van der Waals surface area (Å²) >= 11 is 0. The first-order valence-electron chi connectivity index (χ1n) is 10.9. The van der Waals surface area contributed by atoms with Gasteiger partial charge in [-0.05, 0) is 67.3 Å². The van der Waals surface area contributed by atoms with Crippen LogP contribution >= 0.6 is 0 Å². The summed E-state index contributed by atoms with van der Waals surface area (Å²) in [4.78, 5) is 36.2. The van der Waals surface area contributed by atoms with Crippen molar-refractivity contribution in [3.05, 3.63) is 72.1 Å². The van der Waals surface area contributed by atoms with Crippen LogP contribution in [0.4, 0.5) is 4.39 Å². The maximum atomic E-state index is 13.3. The molecule has 0 saturated carbocycles. The smallest absolute Gasteiger partial charge is 0.272 e. The number of nitrogens with zero attached hydrogens (tertiary/aromatic N) is 3. The molecule has 0 bridgehead atoms. The lowest BCUT2D eigenvalue weighted by atomic mass is 9.98. The molecule has 1 saturated heterocycles. The van der Waals surface area contributed by atoms with E-state index in [-0.39, 0.29) is 29.3 Å². The molecule has 1 aliphatic rings. The Hall–Kier alpha value is -3.55. The van der Waals surface area contributed by atoms with E-state index < -0.39 is 5.54 Å². The monoisotopic (exact) mass is 451 g/mol.